The largest absolute Gasteiger partial charge is 0.335 e. The van der Waals surface area contributed by atoms with Crippen LogP contribution in [0.1, 0.15) is 29.8 Å². The highest BCUT2D eigenvalue weighted by molar-refractivity contribution is 7.10. The summed E-state index contributed by atoms with van der Waals surface area (Å²) in [6.45, 7) is 2.97. The number of carbonyl (C=O) groups is 1. The van der Waals surface area contributed by atoms with Gasteiger partial charge in [0, 0.05) is 17.5 Å². The second kappa shape index (κ2) is 4.52. The zero-order valence-corrected chi connectivity index (χ0v) is 11.3. The highest BCUT2D eigenvalue weighted by Crippen LogP contribution is 2.34. The first-order valence-electron chi connectivity index (χ1n) is 6.47. The van der Waals surface area contributed by atoms with Gasteiger partial charge in [-0.1, -0.05) is 12.2 Å². The van der Waals surface area contributed by atoms with Crippen LogP contribution in [0.4, 0.5) is 0 Å². The van der Waals surface area contributed by atoms with E-state index in [1.807, 2.05) is 17.1 Å². The van der Waals surface area contributed by atoms with E-state index in [2.05, 4.69) is 18.4 Å². The van der Waals surface area contributed by atoms with E-state index in [-0.39, 0.29) is 23.9 Å². The quantitative estimate of drug-likeness (QED) is 0.788. The molecular weight excluding hydrogens is 244 g/mol. The Kier molecular flexibility index (Phi) is 2.99. The van der Waals surface area contributed by atoms with Gasteiger partial charge in [-0.2, -0.15) is 0 Å². The lowest BCUT2D eigenvalue weighted by atomic mass is 9.98. The molecular formula is C14H18N2OS. The lowest BCUT2D eigenvalue weighted by Gasteiger charge is -2.35. The van der Waals surface area contributed by atoms with Crippen molar-refractivity contribution in [1.29, 1.82) is 0 Å². The number of amides is 1. The number of hydrogen-bond donors (Lipinski definition) is 1. The zero-order chi connectivity index (χ0) is 12.7. The summed E-state index contributed by atoms with van der Waals surface area (Å²) in [7, 11) is 0. The summed E-state index contributed by atoms with van der Waals surface area (Å²) < 4.78 is 0. The minimum atomic E-state index is -0.0114. The predicted molar refractivity (Wildman–Crippen MR) is 73.4 cm³/mol. The topological polar surface area (TPSA) is 46.3 Å². The molecule has 2 heterocycles. The van der Waals surface area contributed by atoms with Gasteiger partial charge in [0.1, 0.15) is 0 Å². The average molecular weight is 262 g/mol. The zero-order valence-electron chi connectivity index (χ0n) is 10.5. The second-order valence-electron chi connectivity index (χ2n) is 5.15. The number of hydrogen-bond acceptors (Lipinski definition) is 3. The van der Waals surface area contributed by atoms with Crippen LogP contribution in [0.25, 0.3) is 0 Å². The monoisotopic (exact) mass is 262 g/mol. The van der Waals surface area contributed by atoms with Gasteiger partial charge in [-0.05, 0) is 36.8 Å². The van der Waals surface area contributed by atoms with Gasteiger partial charge < -0.3 is 10.6 Å². The molecule has 2 N–H and O–H groups in total. The number of nitrogens with zero attached hydrogens (tertiary/aromatic N) is 1. The smallest absolute Gasteiger partial charge is 0.230 e. The van der Waals surface area contributed by atoms with Crippen molar-refractivity contribution in [3.05, 3.63) is 34.0 Å². The molecule has 3 unspecified atom stereocenters. The molecule has 18 heavy (non-hydrogen) atoms. The summed E-state index contributed by atoms with van der Waals surface area (Å²) in [5.41, 5.74) is 7.16. The molecule has 1 aromatic rings. The van der Waals surface area contributed by atoms with E-state index in [4.69, 9.17) is 5.73 Å². The number of fused-ring (bicyclic) bond motifs is 1. The highest BCUT2D eigenvalue weighted by Gasteiger charge is 2.33. The fraction of sp³-hybridized carbons (Fsp3) is 0.500. The fourth-order valence-corrected chi connectivity index (χ4v) is 3.90. The van der Waals surface area contributed by atoms with E-state index in [1.165, 1.54) is 10.4 Å². The van der Waals surface area contributed by atoms with Crippen molar-refractivity contribution in [2.24, 2.45) is 11.7 Å². The number of thiophene rings is 1. The van der Waals surface area contributed by atoms with Gasteiger partial charge in [0.05, 0.1) is 12.0 Å². The van der Waals surface area contributed by atoms with Gasteiger partial charge in [0.2, 0.25) is 5.91 Å². The van der Waals surface area contributed by atoms with Crippen LogP contribution in [0.2, 0.25) is 0 Å². The van der Waals surface area contributed by atoms with Crippen molar-refractivity contribution in [2.45, 2.75) is 31.8 Å². The first kappa shape index (κ1) is 11.9. The Morgan fingerprint density at radius 1 is 1.50 bits per heavy atom. The van der Waals surface area contributed by atoms with Crippen LogP contribution in [0.3, 0.4) is 0 Å². The summed E-state index contributed by atoms with van der Waals surface area (Å²) in [4.78, 5) is 16.0. The first-order chi connectivity index (χ1) is 8.66. The Hall–Kier alpha value is -1.13. The lowest BCUT2D eigenvalue weighted by molar-refractivity contribution is -0.136. The van der Waals surface area contributed by atoms with Crippen LogP contribution < -0.4 is 5.73 Å². The molecule has 0 fully saturated rings. The van der Waals surface area contributed by atoms with Gasteiger partial charge in [-0.25, -0.2) is 0 Å². The van der Waals surface area contributed by atoms with Crippen molar-refractivity contribution in [3.63, 3.8) is 0 Å². The Bertz CT molecular complexity index is 494. The number of nitrogens with two attached hydrogens (primary N) is 1. The first-order valence-corrected chi connectivity index (χ1v) is 7.35. The van der Waals surface area contributed by atoms with Crippen molar-refractivity contribution >= 4 is 17.2 Å². The number of carbonyl (C=O) groups excluding carboxylic acids is 1. The molecule has 0 spiro atoms. The molecule has 0 saturated heterocycles. The minimum Gasteiger partial charge on any atom is -0.335 e. The normalized spacial score (nSPS) is 30.6. The third kappa shape index (κ3) is 1.89. The van der Waals surface area contributed by atoms with Gasteiger partial charge in [0.25, 0.3) is 0 Å². The Balaban J connectivity index is 1.78. The molecule has 3 nitrogen and oxygen atoms in total. The third-order valence-corrected chi connectivity index (χ3v) is 4.99. The fourth-order valence-electron chi connectivity index (χ4n) is 2.93. The van der Waals surface area contributed by atoms with E-state index in [9.17, 15) is 4.79 Å². The van der Waals surface area contributed by atoms with E-state index in [0.29, 0.717) is 0 Å². The highest BCUT2D eigenvalue weighted by atomic mass is 32.1. The molecule has 0 aromatic carbocycles. The molecule has 4 heteroatoms. The third-order valence-electron chi connectivity index (χ3n) is 3.99. The molecule has 1 aromatic heterocycles. The van der Waals surface area contributed by atoms with Gasteiger partial charge in [0.15, 0.2) is 0 Å². The standard InChI is InChI=1S/C14H18N2OS/c1-9-12-5-7-18-13(12)4-6-16(9)14(17)10-2-3-11(15)8-10/h2-3,5,7,9-11H,4,6,8,15H2,1H3. The minimum absolute atomic E-state index is 0.0114. The molecule has 0 radical (unpaired) electrons. The van der Waals surface area contributed by atoms with Crippen LogP contribution in [0, 0.1) is 5.92 Å². The van der Waals surface area contributed by atoms with Crippen LogP contribution >= 0.6 is 11.3 Å². The van der Waals surface area contributed by atoms with Crippen molar-refractivity contribution in [3.8, 4) is 0 Å². The van der Waals surface area contributed by atoms with Gasteiger partial charge in [-0.3, -0.25) is 4.79 Å². The summed E-state index contributed by atoms with van der Waals surface area (Å²) in [5, 5.41) is 2.13. The Labute approximate surface area is 111 Å². The van der Waals surface area contributed by atoms with Crippen molar-refractivity contribution < 1.29 is 4.79 Å². The number of rotatable bonds is 1. The van der Waals surface area contributed by atoms with Gasteiger partial charge >= 0.3 is 0 Å². The molecule has 1 amide bonds. The van der Waals surface area contributed by atoms with Crippen LogP contribution in [-0.4, -0.2) is 23.4 Å². The molecule has 0 saturated carbocycles. The predicted octanol–water partition coefficient (Wildman–Crippen LogP) is 2.10. The second-order valence-corrected chi connectivity index (χ2v) is 6.15. The van der Waals surface area contributed by atoms with Crippen molar-refractivity contribution in [2.75, 3.05) is 6.54 Å². The maximum atomic E-state index is 12.5. The Morgan fingerprint density at radius 2 is 2.33 bits per heavy atom. The summed E-state index contributed by atoms with van der Waals surface area (Å²) >= 11 is 1.80. The molecule has 1 aliphatic carbocycles. The van der Waals surface area contributed by atoms with E-state index in [0.717, 1.165) is 19.4 Å². The van der Waals surface area contributed by atoms with Crippen LogP contribution in [0.5, 0.6) is 0 Å². The lowest BCUT2D eigenvalue weighted by Crippen LogP contribution is -2.41. The van der Waals surface area contributed by atoms with Crippen LogP contribution in [-0.2, 0) is 11.2 Å². The maximum Gasteiger partial charge on any atom is 0.230 e. The maximum absolute atomic E-state index is 12.5. The molecule has 2 aliphatic rings. The molecule has 1 aliphatic heterocycles. The Morgan fingerprint density at radius 3 is 3.06 bits per heavy atom. The van der Waals surface area contributed by atoms with Gasteiger partial charge in [-0.15, -0.1) is 11.3 Å². The molecule has 3 rings (SSSR count). The van der Waals surface area contributed by atoms with E-state index >= 15 is 0 Å². The van der Waals surface area contributed by atoms with E-state index < -0.39 is 0 Å². The van der Waals surface area contributed by atoms with Crippen molar-refractivity contribution in [1.82, 2.24) is 4.90 Å². The molecule has 0 bridgehead atoms. The molecule has 3 atom stereocenters. The summed E-state index contributed by atoms with van der Waals surface area (Å²) in [6.07, 6.45) is 5.68. The summed E-state index contributed by atoms with van der Waals surface area (Å²) in [6, 6.07) is 2.41. The van der Waals surface area contributed by atoms with E-state index in [1.54, 1.807) is 11.3 Å². The molecule has 96 valence electrons. The summed E-state index contributed by atoms with van der Waals surface area (Å²) in [5.74, 6) is 0.228. The average Bonchev–Trinajstić information content (AvgIpc) is 2.97. The SMILES string of the molecule is CC1c2ccsc2CCN1C(=O)C1C=CC(N)C1. The van der Waals surface area contributed by atoms with Crippen LogP contribution in [0.15, 0.2) is 23.6 Å².